The smallest absolute Gasteiger partial charge is 0.166 e. The lowest BCUT2D eigenvalue weighted by Gasteiger charge is -2.63. The highest BCUT2D eigenvalue weighted by molar-refractivity contribution is 5.87. The summed E-state index contributed by atoms with van der Waals surface area (Å²) in [6, 6.07) is 12.6. The number of benzene rings is 2. The summed E-state index contributed by atoms with van der Waals surface area (Å²) in [5.41, 5.74) is 4.60. The highest BCUT2D eigenvalue weighted by Gasteiger charge is 2.73. The molecule has 8 rings (SSSR count). The van der Waals surface area contributed by atoms with Crippen molar-refractivity contribution < 1.29 is 14.9 Å². The average Bonchev–Trinajstić information content (AvgIpc) is 3.48. The molecular weight excluding hydrogens is 412 g/mol. The number of nitrogens with zero attached hydrogens (tertiary/aromatic N) is 2. The monoisotopic (exact) mass is 442 g/mol. The zero-order valence-electron chi connectivity index (χ0n) is 19.1. The number of fused-ring (bicyclic) bond motifs is 4. The summed E-state index contributed by atoms with van der Waals surface area (Å²) in [4.78, 5) is 2.60. The first-order valence-corrected chi connectivity index (χ1v) is 12.6. The maximum Gasteiger partial charge on any atom is 0.166 e. The van der Waals surface area contributed by atoms with Crippen LogP contribution in [0.5, 0.6) is 11.5 Å². The van der Waals surface area contributed by atoms with Crippen molar-refractivity contribution in [2.75, 3.05) is 13.1 Å². The van der Waals surface area contributed by atoms with Crippen molar-refractivity contribution in [3.63, 3.8) is 0 Å². The first-order valence-electron chi connectivity index (χ1n) is 12.6. The van der Waals surface area contributed by atoms with Crippen molar-refractivity contribution in [2.45, 2.75) is 68.7 Å². The summed E-state index contributed by atoms with van der Waals surface area (Å²) in [6.07, 6.45) is 4.71. The van der Waals surface area contributed by atoms with Crippen molar-refractivity contribution in [2.24, 2.45) is 5.92 Å². The minimum absolute atomic E-state index is 0.0813. The second kappa shape index (κ2) is 5.94. The van der Waals surface area contributed by atoms with Crippen LogP contribution >= 0.6 is 0 Å². The number of phenols is 1. The summed E-state index contributed by atoms with van der Waals surface area (Å²) in [5.74, 6) is 1.61. The number of aromatic nitrogens is 1. The van der Waals surface area contributed by atoms with Crippen LogP contribution < -0.4 is 4.74 Å². The maximum atomic E-state index is 12.9. The third-order valence-electron chi connectivity index (χ3n) is 9.64. The van der Waals surface area contributed by atoms with E-state index in [1.807, 2.05) is 0 Å². The summed E-state index contributed by atoms with van der Waals surface area (Å²) in [6.45, 7) is 5.13. The Kier molecular flexibility index (Phi) is 3.40. The Balaban J connectivity index is 1.44. The molecule has 0 unspecified atom stereocenters. The van der Waals surface area contributed by atoms with E-state index in [1.54, 1.807) is 6.07 Å². The summed E-state index contributed by atoms with van der Waals surface area (Å²) < 4.78 is 9.15. The van der Waals surface area contributed by atoms with Crippen molar-refractivity contribution in [1.29, 1.82) is 0 Å². The lowest BCUT2D eigenvalue weighted by Crippen LogP contribution is -2.74. The van der Waals surface area contributed by atoms with E-state index < -0.39 is 11.0 Å². The molecule has 5 aliphatic rings. The van der Waals surface area contributed by atoms with Crippen LogP contribution in [0, 0.1) is 5.92 Å². The minimum Gasteiger partial charge on any atom is -0.504 e. The van der Waals surface area contributed by atoms with E-state index in [9.17, 15) is 10.2 Å². The van der Waals surface area contributed by atoms with Gasteiger partial charge in [0.05, 0.1) is 16.7 Å². The van der Waals surface area contributed by atoms with Crippen molar-refractivity contribution in [3.8, 4) is 11.5 Å². The van der Waals surface area contributed by atoms with Gasteiger partial charge in [-0.3, -0.25) is 4.90 Å². The molecule has 5 heteroatoms. The zero-order valence-corrected chi connectivity index (χ0v) is 19.1. The van der Waals surface area contributed by atoms with Gasteiger partial charge in [-0.05, 0) is 68.3 Å². The van der Waals surface area contributed by atoms with Gasteiger partial charge in [-0.2, -0.15) is 0 Å². The van der Waals surface area contributed by atoms with E-state index >= 15 is 0 Å². The normalized spacial score (nSPS) is 33.6. The second-order valence-corrected chi connectivity index (χ2v) is 11.1. The van der Waals surface area contributed by atoms with Gasteiger partial charge in [0, 0.05) is 42.0 Å². The fourth-order valence-electron chi connectivity index (χ4n) is 8.14. The predicted molar refractivity (Wildman–Crippen MR) is 126 cm³/mol. The third-order valence-corrected chi connectivity index (χ3v) is 9.64. The first kappa shape index (κ1) is 18.9. The molecule has 1 saturated carbocycles. The SMILES string of the molecule is CCn1c2c(c3ccccc31)C[C@@]1(O)[C@H]3Cc4ccc(O)c5c4[C@@]1(CCN3CC1CC1)[C@H]2O5. The molecule has 1 saturated heterocycles. The van der Waals surface area contributed by atoms with Crippen LogP contribution in [0.1, 0.15) is 54.7 Å². The number of aryl methyl sites for hydroxylation is 1. The lowest BCUT2D eigenvalue weighted by molar-refractivity contribution is -0.173. The number of hydrogen-bond donors (Lipinski definition) is 2. The molecular formula is C28H30N2O3. The van der Waals surface area contributed by atoms with E-state index in [2.05, 4.69) is 46.7 Å². The average molecular weight is 443 g/mol. The van der Waals surface area contributed by atoms with E-state index in [4.69, 9.17) is 4.74 Å². The van der Waals surface area contributed by atoms with Gasteiger partial charge in [0.25, 0.3) is 0 Å². The van der Waals surface area contributed by atoms with Crippen LogP contribution in [0.3, 0.4) is 0 Å². The molecule has 3 aromatic rings. The molecule has 2 bridgehead atoms. The summed E-state index contributed by atoms with van der Waals surface area (Å²) in [7, 11) is 0. The number of hydrogen-bond acceptors (Lipinski definition) is 4. The fraction of sp³-hybridized carbons (Fsp3) is 0.500. The number of aromatic hydroxyl groups is 1. The number of ether oxygens (including phenoxy) is 1. The predicted octanol–water partition coefficient (Wildman–Crippen LogP) is 4.07. The third kappa shape index (κ3) is 2.04. The number of rotatable bonds is 3. The quantitative estimate of drug-likeness (QED) is 0.642. The van der Waals surface area contributed by atoms with E-state index in [1.165, 1.54) is 40.6 Å². The number of piperidine rings is 1. The molecule has 2 fully saturated rings. The molecule has 1 spiro atoms. The molecule has 3 aliphatic carbocycles. The standard InChI is InChI=1S/C28H30N2O3/c1-2-30-20-6-4-3-5-18(20)19-14-28(32)22-13-17-9-10-21(31)25-23(17)27(28,26(33-25)24(19)30)11-12-29(22)15-16-7-8-16/h3-6,9-10,16,22,26,31-32H,2,7-8,11-15H2,1H3/t22-,26+,27+,28-/m1/s1. The van der Waals surface area contributed by atoms with Gasteiger partial charge in [-0.15, -0.1) is 0 Å². The number of phenolic OH excluding ortho intramolecular Hbond substituents is 1. The zero-order chi connectivity index (χ0) is 22.1. The van der Waals surface area contributed by atoms with Crippen LogP contribution in [0.25, 0.3) is 10.9 Å². The lowest BCUT2D eigenvalue weighted by atomic mass is 9.49. The molecule has 33 heavy (non-hydrogen) atoms. The van der Waals surface area contributed by atoms with Crippen LogP contribution in [-0.2, 0) is 24.8 Å². The molecule has 4 atom stereocenters. The molecule has 2 aromatic carbocycles. The fourth-order valence-corrected chi connectivity index (χ4v) is 8.14. The van der Waals surface area contributed by atoms with Gasteiger partial charge in [-0.1, -0.05) is 24.3 Å². The summed E-state index contributed by atoms with van der Waals surface area (Å²) >= 11 is 0. The highest BCUT2D eigenvalue weighted by Crippen LogP contribution is 2.69. The van der Waals surface area contributed by atoms with E-state index in [-0.39, 0.29) is 17.9 Å². The Morgan fingerprint density at radius 3 is 2.82 bits per heavy atom. The molecule has 0 amide bonds. The maximum absolute atomic E-state index is 12.9. The van der Waals surface area contributed by atoms with Crippen LogP contribution in [0.4, 0.5) is 0 Å². The molecule has 5 nitrogen and oxygen atoms in total. The van der Waals surface area contributed by atoms with E-state index in [0.717, 1.165) is 44.0 Å². The second-order valence-electron chi connectivity index (χ2n) is 11.1. The molecule has 1 aromatic heterocycles. The van der Waals surface area contributed by atoms with Gasteiger partial charge < -0.3 is 19.5 Å². The van der Waals surface area contributed by atoms with Crippen LogP contribution in [0.2, 0.25) is 0 Å². The Bertz CT molecular complexity index is 1340. The van der Waals surface area contributed by atoms with Gasteiger partial charge in [-0.25, -0.2) is 0 Å². The van der Waals surface area contributed by atoms with Crippen molar-refractivity contribution in [3.05, 3.63) is 58.8 Å². The first-order chi connectivity index (χ1) is 16.1. The Hall–Kier alpha value is -2.50. The topological polar surface area (TPSA) is 57.9 Å². The number of para-hydroxylation sites is 1. The Labute approximate surface area is 193 Å². The molecule has 2 N–H and O–H groups in total. The number of aliphatic hydroxyl groups is 1. The molecule has 170 valence electrons. The minimum atomic E-state index is -0.910. The van der Waals surface area contributed by atoms with Crippen LogP contribution in [-0.4, -0.2) is 44.4 Å². The van der Waals surface area contributed by atoms with Crippen molar-refractivity contribution in [1.82, 2.24) is 9.47 Å². The van der Waals surface area contributed by atoms with Gasteiger partial charge in [0.2, 0.25) is 0 Å². The van der Waals surface area contributed by atoms with Gasteiger partial charge in [0.15, 0.2) is 17.6 Å². The molecule has 0 radical (unpaired) electrons. The van der Waals surface area contributed by atoms with Crippen molar-refractivity contribution >= 4 is 10.9 Å². The Morgan fingerprint density at radius 2 is 2.00 bits per heavy atom. The van der Waals surface area contributed by atoms with E-state index in [0.29, 0.717) is 12.2 Å². The number of likely N-dealkylation sites (tertiary alicyclic amines) is 1. The Morgan fingerprint density at radius 1 is 1.15 bits per heavy atom. The largest absolute Gasteiger partial charge is 0.504 e. The molecule has 3 heterocycles. The summed E-state index contributed by atoms with van der Waals surface area (Å²) in [5, 5.41) is 25.0. The van der Waals surface area contributed by atoms with Gasteiger partial charge >= 0.3 is 0 Å². The molecule has 2 aliphatic heterocycles. The van der Waals surface area contributed by atoms with Crippen LogP contribution in [0.15, 0.2) is 36.4 Å². The highest BCUT2D eigenvalue weighted by atomic mass is 16.5. The van der Waals surface area contributed by atoms with Gasteiger partial charge in [0.1, 0.15) is 0 Å².